The van der Waals surface area contributed by atoms with Gasteiger partial charge in [-0.1, -0.05) is 0 Å². The number of esters is 1. The molecule has 2 fully saturated rings. The minimum Gasteiger partial charge on any atom is -0.465 e. The van der Waals surface area contributed by atoms with Gasteiger partial charge < -0.3 is 24.0 Å². The Kier molecular flexibility index (Phi) is 7.77. The van der Waals surface area contributed by atoms with Crippen LogP contribution in [0.5, 0.6) is 0 Å². The number of ether oxygens (including phenoxy) is 3. The molecule has 0 unspecified atom stereocenters. The maximum absolute atomic E-state index is 13.1. The lowest BCUT2D eigenvalue weighted by Crippen LogP contribution is -2.54. The second kappa shape index (κ2) is 10.3. The molecule has 1 aromatic carbocycles. The third kappa shape index (κ3) is 6.00. The van der Waals surface area contributed by atoms with E-state index >= 15 is 0 Å². The Hall–Kier alpha value is -2.61. The van der Waals surface area contributed by atoms with Gasteiger partial charge in [0.2, 0.25) is 0 Å². The van der Waals surface area contributed by atoms with E-state index < -0.39 is 11.6 Å². The van der Waals surface area contributed by atoms with Crippen LogP contribution in [0, 0.1) is 0 Å². The second-order valence-corrected chi connectivity index (χ2v) is 9.32. The molecule has 0 radical (unpaired) electrons. The van der Waals surface area contributed by atoms with Gasteiger partial charge in [0.25, 0.3) is 5.91 Å². The van der Waals surface area contributed by atoms with E-state index in [0.717, 1.165) is 12.8 Å². The van der Waals surface area contributed by atoms with Crippen LogP contribution in [0.15, 0.2) is 24.3 Å². The van der Waals surface area contributed by atoms with E-state index in [-0.39, 0.29) is 24.1 Å². The van der Waals surface area contributed by atoms with Crippen molar-refractivity contribution in [3.63, 3.8) is 0 Å². The summed E-state index contributed by atoms with van der Waals surface area (Å²) in [6, 6.07) is 6.61. The third-order valence-corrected chi connectivity index (χ3v) is 5.89. The van der Waals surface area contributed by atoms with Gasteiger partial charge in [0.05, 0.1) is 12.7 Å². The maximum atomic E-state index is 13.1. The fraction of sp³-hybridized carbons (Fsp3) is 0.625. The van der Waals surface area contributed by atoms with Crippen LogP contribution in [0.25, 0.3) is 0 Å². The van der Waals surface area contributed by atoms with Gasteiger partial charge in [-0.2, -0.15) is 0 Å². The Morgan fingerprint density at radius 3 is 2.00 bits per heavy atom. The highest BCUT2D eigenvalue weighted by Crippen LogP contribution is 2.27. The van der Waals surface area contributed by atoms with E-state index in [1.165, 1.54) is 7.11 Å². The zero-order chi connectivity index (χ0) is 23.3. The van der Waals surface area contributed by atoms with Gasteiger partial charge in [-0.25, -0.2) is 9.59 Å². The molecule has 0 saturated carbocycles. The zero-order valence-electron chi connectivity index (χ0n) is 19.5. The Bertz CT molecular complexity index is 803. The number of methoxy groups -OCH3 is 1. The first-order valence-corrected chi connectivity index (χ1v) is 11.3. The van der Waals surface area contributed by atoms with Gasteiger partial charge >= 0.3 is 12.1 Å². The number of carbonyl (C=O) groups excluding carboxylic acids is 3. The van der Waals surface area contributed by atoms with Gasteiger partial charge in [0.1, 0.15) is 5.60 Å². The standard InChI is InChI=1S/C24H34N2O6/c1-24(2,3)32-23(29)26(20-11-15-31-16-12-20)19-9-13-25(14-10-19)21(27)17-5-7-18(8-6-17)22(28)30-4/h5-8,19-20H,9-16H2,1-4H3. The van der Waals surface area contributed by atoms with Gasteiger partial charge in [0, 0.05) is 44.0 Å². The molecule has 8 nitrogen and oxygen atoms in total. The Morgan fingerprint density at radius 2 is 1.47 bits per heavy atom. The molecule has 0 aromatic heterocycles. The van der Waals surface area contributed by atoms with Crippen LogP contribution in [0.4, 0.5) is 4.79 Å². The zero-order valence-corrected chi connectivity index (χ0v) is 19.5. The molecule has 1 aromatic rings. The largest absolute Gasteiger partial charge is 0.465 e. The SMILES string of the molecule is COC(=O)c1ccc(C(=O)N2CCC(N(C(=O)OC(C)(C)C)C3CCOCC3)CC2)cc1. The Morgan fingerprint density at radius 1 is 0.938 bits per heavy atom. The van der Waals surface area contributed by atoms with Crippen molar-refractivity contribution in [2.75, 3.05) is 33.4 Å². The van der Waals surface area contributed by atoms with Gasteiger partial charge in [0.15, 0.2) is 0 Å². The molecule has 0 aliphatic carbocycles. The normalized spacial score (nSPS) is 18.2. The molecule has 0 spiro atoms. The molecule has 32 heavy (non-hydrogen) atoms. The van der Waals surface area contributed by atoms with Crippen molar-refractivity contribution < 1.29 is 28.6 Å². The predicted molar refractivity (Wildman–Crippen MR) is 119 cm³/mol. The average molecular weight is 447 g/mol. The summed E-state index contributed by atoms with van der Waals surface area (Å²) in [5.41, 5.74) is 0.379. The number of hydrogen-bond acceptors (Lipinski definition) is 6. The summed E-state index contributed by atoms with van der Waals surface area (Å²) in [5, 5.41) is 0. The molecule has 0 atom stereocenters. The smallest absolute Gasteiger partial charge is 0.410 e. The van der Waals surface area contributed by atoms with E-state index in [1.54, 1.807) is 29.2 Å². The van der Waals surface area contributed by atoms with Crippen molar-refractivity contribution in [1.29, 1.82) is 0 Å². The molecule has 2 amide bonds. The van der Waals surface area contributed by atoms with Gasteiger partial charge in [-0.15, -0.1) is 0 Å². The molecule has 3 rings (SSSR count). The van der Waals surface area contributed by atoms with Crippen molar-refractivity contribution in [3.8, 4) is 0 Å². The minimum absolute atomic E-state index is 0.0266. The van der Waals surface area contributed by atoms with Crippen LogP contribution in [0.1, 0.15) is 67.2 Å². The molecule has 8 heteroatoms. The first-order chi connectivity index (χ1) is 15.2. The summed E-state index contributed by atoms with van der Waals surface area (Å²) in [4.78, 5) is 41.3. The fourth-order valence-electron chi connectivity index (χ4n) is 4.27. The minimum atomic E-state index is -0.562. The molecule has 0 bridgehead atoms. The van der Waals surface area contributed by atoms with Crippen LogP contribution in [0.3, 0.4) is 0 Å². The topological polar surface area (TPSA) is 85.4 Å². The van der Waals surface area contributed by atoms with Crippen LogP contribution in [0.2, 0.25) is 0 Å². The van der Waals surface area contributed by atoms with E-state index in [1.807, 2.05) is 25.7 Å². The lowest BCUT2D eigenvalue weighted by atomic mass is 9.98. The first-order valence-electron chi connectivity index (χ1n) is 11.3. The molecule has 0 N–H and O–H groups in total. The molecular weight excluding hydrogens is 412 g/mol. The number of rotatable bonds is 4. The first kappa shape index (κ1) is 24.0. The molecular formula is C24H34N2O6. The van der Waals surface area contributed by atoms with Crippen molar-refractivity contribution >= 4 is 18.0 Å². The average Bonchev–Trinajstić information content (AvgIpc) is 2.78. The molecule has 2 saturated heterocycles. The third-order valence-electron chi connectivity index (χ3n) is 5.89. The van der Waals surface area contributed by atoms with Crippen LogP contribution in [-0.2, 0) is 14.2 Å². The number of benzene rings is 1. The van der Waals surface area contributed by atoms with Gasteiger partial charge in [-0.05, 0) is 70.7 Å². The van der Waals surface area contributed by atoms with Crippen molar-refractivity contribution in [2.45, 2.75) is 64.1 Å². The van der Waals surface area contributed by atoms with Crippen molar-refractivity contribution in [1.82, 2.24) is 9.80 Å². The maximum Gasteiger partial charge on any atom is 0.410 e. The Balaban J connectivity index is 1.65. The molecule has 2 aliphatic rings. The molecule has 2 aliphatic heterocycles. The highest BCUT2D eigenvalue weighted by atomic mass is 16.6. The van der Waals surface area contributed by atoms with Crippen molar-refractivity contribution in [2.24, 2.45) is 0 Å². The summed E-state index contributed by atoms with van der Waals surface area (Å²) >= 11 is 0. The number of hydrogen-bond donors (Lipinski definition) is 0. The summed E-state index contributed by atoms with van der Waals surface area (Å²) in [6.45, 7) is 8.03. The monoisotopic (exact) mass is 446 g/mol. The van der Waals surface area contributed by atoms with E-state index in [9.17, 15) is 14.4 Å². The van der Waals surface area contributed by atoms with Crippen LogP contribution < -0.4 is 0 Å². The number of amides is 2. The fourth-order valence-corrected chi connectivity index (χ4v) is 4.27. The molecule has 176 valence electrons. The highest BCUT2D eigenvalue weighted by molar-refractivity contribution is 5.96. The summed E-state index contributed by atoms with van der Waals surface area (Å²) in [5.74, 6) is -0.505. The summed E-state index contributed by atoms with van der Waals surface area (Å²) < 4.78 is 15.9. The number of carbonyl (C=O) groups is 3. The lowest BCUT2D eigenvalue weighted by Gasteiger charge is -2.43. The summed E-state index contributed by atoms with van der Waals surface area (Å²) in [7, 11) is 1.33. The number of likely N-dealkylation sites (tertiary alicyclic amines) is 1. The summed E-state index contributed by atoms with van der Waals surface area (Å²) in [6.07, 6.45) is 2.70. The number of piperidine rings is 1. The quantitative estimate of drug-likeness (QED) is 0.658. The lowest BCUT2D eigenvalue weighted by molar-refractivity contribution is -0.0259. The van der Waals surface area contributed by atoms with Crippen molar-refractivity contribution in [3.05, 3.63) is 35.4 Å². The molecule has 2 heterocycles. The van der Waals surface area contributed by atoms with Crippen LogP contribution >= 0.6 is 0 Å². The predicted octanol–water partition coefficient (Wildman–Crippen LogP) is 3.49. The number of nitrogens with zero attached hydrogens (tertiary/aromatic N) is 2. The van der Waals surface area contributed by atoms with Crippen LogP contribution in [-0.4, -0.2) is 78.9 Å². The van der Waals surface area contributed by atoms with Gasteiger partial charge in [-0.3, -0.25) is 4.79 Å². The Labute approximate surface area is 189 Å². The highest BCUT2D eigenvalue weighted by Gasteiger charge is 2.37. The second-order valence-electron chi connectivity index (χ2n) is 9.32. The van der Waals surface area contributed by atoms with E-state index in [0.29, 0.717) is 50.3 Å². The van der Waals surface area contributed by atoms with E-state index in [2.05, 4.69) is 0 Å². The van der Waals surface area contributed by atoms with E-state index in [4.69, 9.17) is 14.2 Å².